The fraction of sp³-hybridized carbons (Fsp3) is 0.412. The number of hydrogen-bond acceptors (Lipinski definition) is 3. The molecule has 0 bridgehead atoms. The number of nitrogens with zero attached hydrogens (tertiary/aromatic N) is 2. The highest BCUT2D eigenvalue weighted by molar-refractivity contribution is 5.93. The van der Waals surface area contributed by atoms with Crippen molar-refractivity contribution < 1.29 is 18.0 Å². The predicted octanol–water partition coefficient (Wildman–Crippen LogP) is 3.68. The molecule has 2 heterocycles. The monoisotopic (exact) mass is 352 g/mol. The number of fused-ring (bicyclic) bond motifs is 1. The van der Waals surface area contributed by atoms with Crippen molar-refractivity contribution >= 4 is 11.7 Å². The van der Waals surface area contributed by atoms with Crippen LogP contribution in [0.5, 0.6) is 0 Å². The molecular weight excluding hydrogens is 333 g/mol. The van der Waals surface area contributed by atoms with Crippen molar-refractivity contribution in [2.75, 3.05) is 5.32 Å². The van der Waals surface area contributed by atoms with Crippen LogP contribution in [0.1, 0.15) is 48.4 Å². The summed E-state index contributed by atoms with van der Waals surface area (Å²) in [5, 5.41) is 9.61. The standard InChI is InChI=1S/C17H19F3N4O/c1-10(2)21-16(25)13-9-15-22-12(11-6-4-3-5-7-11)8-14(17(18,19)20)24(15)23-13/h3-7,9-10,12,14,22H,8H2,1-2H3,(H,21,25)/t12-,14-/m1/s1. The normalized spacial score (nSPS) is 20.1. The topological polar surface area (TPSA) is 59.0 Å². The molecule has 2 aromatic rings. The summed E-state index contributed by atoms with van der Waals surface area (Å²) in [6.45, 7) is 3.55. The first-order chi connectivity index (χ1) is 11.8. The third-order valence-electron chi connectivity index (χ3n) is 4.04. The molecular formula is C17H19F3N4O. The van der Waals surface area contributed by atoms with Crippen molar-refractivity contribution in [3.63, 3.8) is 0 Å². The summed E-state index contributed by atoms with van der Waals surface area (Å²) in [6.07, 6.45) is -4.64. The van der Waals surface area contributed by atoms with Gasteiger partial charge in [0.05, 0.1) is 6.04 Å². The lowest BCUT2D eigenvalue weighted by atomic mass is 9.97. The van der Waals surface area contributed by atoms with Crippen LogP contribution in [0.25, 0.3) is 0 Å². The number of nitrogens with one attached hydrogen (secondary N) is 2. The summed E-state index contributed by atoms with van der Waals surface area (Å²) in [5.41, 5.74) is 0.733. The molecule has 0 unspecified atom stereocenters. The van der Waals surface area contributed by atoms with Crippen molar-refractivity contribution in [2.45, 2.75) is 44.6 Å². The molecule has 0 saturated carbocycles. The van der Waals surface area contributed by atoms with E-state index in [2.05, 4.69) is 15.7 Å². The van der Waals surface area contributed by atoms with Crippen molar-refractivity contribution in [1.29, 1.82) is 0 Å². The van der Waals surface area contributed by atoms with Crippen LogP contribution in [0.3, 0.4) is 0 Å². The van der Waals surface area contributed by atoms with E-state index in [9.17, 15) is 18.0 Å². The van der Waals surface area contributed by atoms with E-state index in [1.165, 1.54) is 6.07 Å². The molecule has 3 rings (SSSR count). The van der Waals surface area contributed by atoms with Crippen LogP contribution in [-0.2, 0) is 0 Å². The summed E-state index contributed by atoms with van der Waals surface area (Å²) < 4.78 is 41.5. The molecule has 2 N–H and O–H groups in total. The highest BCUT2D eigenvalue weighted by atomic mass is 19.4. The van der Waals surface area contributed by atoms with Gasteiger partial charge in [-0.1, -0.05) is 30.3 Å². The summed E-state index contributed by atoms with van der Waals surface area (Å²) in [6, 6.07) is 7.90. The molecule has 0 fully saturated rings. The Morgan fingerprint density at radius 3 is 2.60 bits per heavy atom. The third-order valence-corrected chi connectivity index (χ3v) is 4.04. The highest BCUT2D eigenvalue weighted by Gasteiger charge is 2.46. The maximum Gasteiger partial charge on any atom is 0.410 e. The van der Waals surface area contributed by atoms with E-state index < -0.39 is 24.2 Å². The van der Waals surface area contributed by atoms with E-state index in [1.807, 2.05) is 6.07 Å². The SMILES string of the molecule is CC(C)NC(=O)c1cc2n(n1)[C@@H](C(F)(F)F)C[C@H](c1ccccc1)N2. The molecule has 134 valence electrons. The zero-order valence-corrected chi connectivity index (χ0v) is 13.8. The number of amides is 1. The first-order valence-corrected chi connectivity index (χ1v) is 8.04. The first kappa shape index (κ1) is 17.3. The number of anilines is 1. The van der Waals surface area contributed by atoms with Gasteiger partial charge in [0.1, 0.15) is 5.82 Å². The molecule has 1 aliphatic heterocycles. The second-order valence-corrected chi connectivity index (χ2v) is 6.39. The van der Waals surface area contributed by atoms with Crippen LogP contribution in [0.15, 0.2) is 36.4 Å². The molecule has 8 heteroatoms. The molecule has 1 aromatic carbocycles. The van der Waals surface area contributed by atoms with Gasteiger partial charge in [-0.3, -0.25) is 4.79 Å². The molecule has 25 heavy (non-hydrogen) atoms. The molecule has 1 aliphatic rings. The van der Waals surface area contributed by atoms with Gasteiger partial charge in [-0.25, -0.2) is 4.68 Å². The summed E-state index contributed by atoms with van der Waals surface area (Å²) >= 11 is 0. The van der Waals surface area contributed by atoms with Gasteiger partial charge in [-0.2, -0.15) is 18.3 Å². The van der Waals surface area contributed by atoms with Crippen LogP contribution in [0.2, 0.25) is 0 Å². The van der Waals surface area contributed by atoms with Gasteiger partial charge in [0.2, 0.25) is 0 Å². The number of aromatic nitrogens is 2. The summed E-state index contributed by atoms with van der Waals surface area (Å²) in [7, 11) is 0. The second-order valence-electron chi connectivity index (χ2n) is 6.39. The van der Waals surface area contributed by atoms with Gasteiger partial charge in [-0.05, 0) is 19.4 Å². The van der Waals surface area contributed by atoms with Gasteiger partial charge < -0.3 is 10.6 Å². The van der Waals surface area contributed by atoms with E-state index in [0.29, 0.717) is 0 Å². The fourth-order valence-electron chi connectivity index (χ4n) is 2.92. The molecule has 1 amide bonds. The molecule has 0 saturated heterocycles. The van der Waals surface area contributed by atoms with Gasteiger partial charge >= 0.3 is 6.18 Å². The van der Waals surface area contributed by atoms with Crippen LogP contribution >= 0.6 is 0 Å². The van der Waals surface area contributed by atoms with E-state index in [4.69, 9.17) is 0 Å². The third kappa shape index (κ3) is 3.62. The predicted molar refractivity (Wildman–Crippen MR) is 87.3 cm³/mol. The van der Waals surface area contributed by atoms with Gasteiger partial charge in [-0.15, -0.1) is 0 Å². The minimum absolute atomic E-state index is 0.0286. The Morgan fingerprint density at radius 2 is 2.00 bits per heavy atom. The number of rotatable bonds is 3. The molecule has 0 spiro atoms. The number of alkyl halides is 3. The number of benzene rings is 1. The van der Waals surface area contributed by atoms with E-state index in [1.54, 1.807) is 38.1 Å². The Morgan fingerprint density at radius 1 is 1.32 bits per heavy atom. The largest absolute Gasteiger partial charge is 0.410 e. The quantitative estimate of drug-likeness (QED) is 0.886. The minimum Gasteiger partial charge on any atom is -0.363 e. The Balaban J connectivity index is 1.96. The van der Waals surface area contributed by atoms with Crippen molar-refractivity contribution in [2.24, 2.45) is 0 Å². The van der Waals surface area contributed by atoms with Gasteiger partial charge in [0.15, 0.2) is 11.7 Å². The maximum atomic E-state index is 13.5. The summed E-state index contributed by atoms with van der Waals surface area (Å²) in [5.74, 6) is -0.299. The van der Waals surface area contributed by atoms with Crippen LogP contribution in [-0.4, -0.2) is 27.9 Å². The number of hydrogen-bond donors (Lipinski definition) is 2. The zero-order chi connectivity index (χ0) is 18.2. The van der Waals surface area contributed by atoms with Crippen LogP contribution < -0.4 is 10.6 Å². The van der Waals surface area contributed by atoms with E-state index in [0.717, 1.165) is 10.2 Å². The number of carbonyl (C=O) groups excluding carboxylic acids is 1. The van der Waals surface area contributed by atoms with Crippen LogP contribution in [0.4, 0.5) is 19.0 Å². The molecule has 0 radical (unpaired) electrons. The Kier molecular flexibility index (Phi) is 4.45. The molecule has 2 atom stereocenters. The molecule has 1 aromatic heterocycles. The zero-order valence-electron chi connectivity index (χ0n) is 13.8. The Labute approximate surface area is 143 Å². The lowest BCUT2D eigenvalue weighted by Gasteiger charge is -2.33. The summed E-state index contributed by atoms with van der Waals surface area (Å²) in [4.78, 5) is 12.1. The smallest absolute Gasteiger partial charge is 0.363 e. The van der Waals surface area contributed by atoms with Gasteiger partial charge in [0, 0.05) is 18.5 Å². The maximum absolute atomic E-state index is 13.5. The number of carbonyl (C=O) groups is 1. The molecule has 0 aliphatic carbocycles. The Bertz CT molecular complexity index is 755. The minimum atomic E-state index is -4.46. The lowest BCUT2D eigenvalue weighted by Crippen LogP contribution is -2.36. The van der Waals surface area contributed by atoms with E-state index >= 15 is 0 Å². The average Bonchev–Trinajstić information content (AvgIpc) is 2.97. The second kappa shape index (κ2) is 6.42. The molecule has 5 nitrogen and oxygen atoms in total. The average molecular weight is 352 g/mol. The van der Waals surface area contributed by atoms with E-state index in [-0.39, 0.29) is 24.0 Å². The Hall–Kier alpha value is -2.51. The lowest BCUT2D eigenvalue weighted by molar-refractivity contribution is -0.173. The number of halogens is 3. The van der Waals surface area contributed by atoms with Crippen molar-refractivity contribution in [1.82, 2.24) is 15.1 Å². The van der Waals surface area contributed by atoms with Gasteiger partial charge in [0.25, 0.3) is 5.91 Å². The highest BCUT2D eigenvalue weighted by Crippen LogP contribution is 2.43. The first-order valence-electron chi connectivity index (χ1n) is 8.04. The van der Waals surface area contributed by atoms with Crippen molar-refractivity contribution in [3.05, 3.63) is 47.7 Å². The van der Waals surface area contributed by atoms with Crippen molar-refractivity contribution in [3.8, 4) is 0 Å². The van der Waals surface area contributed by atoms with Crippen LogP contribution in [0, 0.1) is 0 Å². The fourth-order valence-corrected chi connectivity index (χ4v) is 2.92.